The molecule has 1 aliphatic heterocycles. The highest BCUT2D eigenvalue weighted by molar-refractivity contribution is 6.32. The Morgan fingerprint density at radius 3 is 2.69 bits per heavy atom. The summed E-state index contributed by atoms with van der Waals surface area (Å²) in [5.74, 6) is 0.523. The summed E-state index contributed by atoms with van der Waals surface area (Å²) >= 11 is 0. The molecule has 32 heavy (non-hydrogen) atoms. The van der Waals surface area contributed by atoms with Crippen LogP contribution in [0.25, 0.3) is 17.2 Å². The standard InChI is InChI=1S/C24H26N6O2/c1-4-25-10-9-18-15(2)28-20(22(18)16-5-7-17(32-3)8-6-16)13-19-23(29-30-24(19)31)21-14-26-11-12-27-21/h5-8,11-14,25,28H,4,9-10H2,1-3H3,(H,30,31)/b19-13+. The Labute approximate surface area is 186 Å². The van der Waals surface area contributed by atoms with E-state index in [1.807, 2.05) is 30.3 Å². The van der Waals surface area contributed by atoms with Gasteiger partial charge in [0, 0.05) is 29.3 Å². The summed E-state index contributed by atoms with van der Waals surface area (Å²) in [6.07, 6.45) is 7.47. The number of carbonyl (C=O) groups is 1. The molecule has 0 radical (unpaired) electrons. The van der Waals surface area contributed by atoms with Crippen LogP contribution in [0, 0.1) is 6.92 Å². The van der Waals surface area contributed by atoms with E-state index >= 15 is 0 Å². The van der Waals surface area contributed by atoms with Crippen molar-refractivity contribution < 1.29 is 9.53 Å². The predicted octanol–water partition coefficient (Wildman–Crippen LogP) is 2.86. The third-order valence-corrected chi connectivity index (χ3v) is 5.39. The Kier molecular flexibility index (Phi) is 6.42. The van der Waals surface area contributed by atoms with E-state index in [2.05, 4.69) is 44.6 Å². The number of benzene rings is 1. The minimum absolute atomic E-state index is 0.271. The molecule has 0 bridgehead atoms. The Morgan fingerprint density at radius 2 is 2.00 bits per heavy atom. The van der Waals surface area contributed by atoms with Gasteiger partial charge in [0.25, 0.3) is 5.91 Å². The van der Waals surface area contributed by atoms with Gasteiger partial charge in [0.1, 0.15) is 17.2 Å². The smallest absolute Gasteiger partial charge is 0.273 e. The Morgan fingerprint density at radius 1 is 1.19 bits per heavy atom. The first-order chi connectivity index (χ1) is 15.6. The molecule has 0 fully saturated rings. The molecule has 1 aromatic carbocycles. The molecule has 0 unspecified atom stereocenters. The van der Waals surface area contributed by atoms with Crippen LogP contribution in [0.1, 0.15) is 29.6 Å². The second kappa shape index (κ2) is 9.57. The highest BCUT2D eigenvalue weighted by Crippen LogP contribution is 2.34. The van der Waals surface area contributed by atoms with Gasteiger partial charge >= 0.3 is 0 Å². The number of carbonyl (C=O) groups excluding carboxylic acids is 1. The Hall–Kier alpha value is -3.78. The van der Waals surface area contributed by atoms with Crippen LogP contribution >= 0.6 is 0 Å². The fraction of sp³-hybridized carbons (Fsp3) is 0.250. The van der Waals surface area contributed by atoms with Crippen molar-refractivity contribution in [3.8, 4) is 16.9 Å². The number of nitrogens with zero attached hydrogens (tertiary/aromatic N) is 3. The molecule has 3 heterocycles. The van der Waals surface area contributed by atoms with Crippen LogP contribution in [0.2, 0.25) is 0 Å². The van der Waals surface area contributed by atoms with Crippen molar-refractivity contribution in [2.75, 3.05) is 20.2 Å². The van der Waals surface area contributed by atoms with Crippen molar-refractivity contribution in [1.29, 1.82) is 0 Å². The van der Waals surface area contributed by atoms with E-state index in [9.17, 15) is 4.79 Å². The summed E-state index contributed by atoms with van der Waals surface area (Å²) < 4.78 is 5.32. The summed E-state index contributed by atoms with van der Waals surface area (Å²) in [5, 5.41) is 7.58. The number of hydrogen-bond donors (Lipinski definition) is 3. The third-order valence-electron chi connectivity index (χ3n) is 5.39. The van der Waals surface area contributed by atoms with Gasteiger partial charge in [-0.3, -0.25) is 14.8 Å². The van der Waals surface area contributed by atoms with Crippen molar-refractivity contribution in [3.05, 3.63) is 71.1 Å². The van der Waals surface area contributed by atoms with E-state index in [0.29, 0.717) is 17.0 Å². The quantitative estimate of drug-likeness (QED) is 0.377. The number of aromatic amines is 1. The predicted molar refractivity (Wildman–Crippen MR) is 124 cm³/mol. The average molecular weight is 431 g/mol. The molecule has 0 spiro atoms. The minimum Gasteiger partial charge on any atom is -0.497 e. The van der Waals surface area contributed by atoms with Crippen molar-refractivity contribution >= 4 is 17.7 Å². The van der Waals surface area contributed by atoms with Crippen LogP contribution in [0.3, 0.4) is 0 Å². The lowest BCUT2D eigenvalue weighted by Crippen LogP contribution is -2.16. The number of rotatable bonds is 8. The maximum Gasteiger partial charge on any atom is 0.273 e. The zero-order valence-electron chi connectivity index (χ0n) is 18.4. The number of hydrazone groups is 1. The van der Waals surface area contributed by atoms with E-state index in [0.717, 1.165) is 47.8 Å². The first kappa shape index (κ1) is 21.5. The monoisotopic (exact) mass is 430 g/mol. The van der Waals surface area contributed by atoms with Crippen LogP contribution in [-0.4, -0.2) is 46.8 Å². The second-order valence-corrected chi connectivity index (χ2v) is 7.40. The summed E-state index contributed by atoms with van der Waals surface area (Å²) in [6.45, 7) is 5.93. The van der Waals surface area contributed by atoms with Gasteiger partial charge in [0.2, 0.25) is 0 Å². The number of methoxy groups -OCH3 is 1. The first-order valence-corrected chi connectivity index (χ1v) is 10.6. The van der Waals surface area contributed by atoms with E-state index in [1.54, 1.807) is 25.7 Å². The highest BCUT2D eigenvalue weighted by atomic mass is 16.5. The Balaban J connectivity index is 1.81. The van der Waals surface area contributed by atoms with Crippen LogP contribution in [-0.2, 0) is 11.2 Å². The molecule has 4 rings (SSSR count). The summed E-state index contributed by atoms with van der Waals surface area (Å²) in [4.78, 5) is 24.5. The molecule has 0 saturated heterocycles. The molecule has 1 aliphatic rings. The number of aromatic nitrogens is 3. The molecule has 164 valence electrons. The maximum atomic E-state index is 12.6. The zero-order chi connectivity index (χ0) is 22.5. The van der Waals surface area contributed by atoms with E-state index in [-0.39, 0.29) is 5.91 Å². The fourth-order valence-electron chi connectivity index (χ4n) is 3.82. The van der Waals surface area contributed by atoms with Crippen molar-refractivity contribution in [2.24, 2.45) is 5.10 Å². The van der Waals surface area contributed by atoms with E-state index < -0.39 is 0 Å². The lowest BCUT2D eigenvalue weighted by Gasteiger charge is -2.09. The first-order valence-electron chi connectivity index (χ1n) is 10.6. The third kappa shape index (κ3) is 4.31. The van der Waals surface area contributed by atoms with Gasteiger partial charge in [-0.2, -0.15) is 5.10 Å². The van der Waals surface area contributed by atoms with Crippen LogP contribution < -0.4 is 15.5 Å². The maximum absolute atomic E-state index is 12.6. The minimum atomic E-state index is -0.271. The van der Waals surface area contributed by atoms with Crippen molar-refractivity contribution in [3.63, 3.8) is 0 Å². The zero-order valence-corrected chi connectivity index (χ0v) is 18.4. The SMILES string of the molecule is CCNCCc1c(C)[nH]c(/C=C2/C(=O)NN=C2c2cnccn2)c1-c1ccc(OC)cc1. The van der Waals surface area contributed by atoms with Crippen molar-refractivity contribution in [1.82, 2.24) is 25.7 Å². The number of nitrogens with one attached hydrogen (secondary N) is 3. The number of hydrogen-bond acceptors (Lipinski definition) is 6. The van der Waals surface area contributed by atoms with Gasteiger partial charge in [-0.15, -0.1) is 0 Å². The van der Waals surface area contributed by atoms with Gasteiger partial charge < -0.3 is 15.0 Å². The largest absolute Gasteiger partial charge is 0.497 e. The number of ether oxygens (including phenoxy) is 1. The fourth-order valence-corrected chi connectivity index (χ4v) is 3.82. The van der Waals surface area contributed by atoms with Gasteiger partial charge in [-0.25, -0.2) is 5.43 Å². The summed E-state index contributed by atoms with van der Waals surface area (Å²) in [7, 11) is 1.65. The molecular formula is C24H26N6O2. The van der Waals surface area contributed by atoms with Gasteiger partial charge in [0.15, 0.2) is 0 Å². The molecule has 8 nitrogen and oxygen atoms in total. The molecule has 0 aliphatic carbocycles. The Bertz CT molecular complexity index is 1160. The van der Waals surface area contributed by atoms with Crippen molar-refractivity contribution in [2.45, 2.75) is 20.3 Å². The molecule has 2 aromatic heterocycles. The molecule has 3 N–H and O–H groups in total. The number of H-pyrrole nitrogens is 1. The van der Waals surface area contributed by atoms with Crippen LogP contribution in [0.5, 0.6) is 5.75 Å². The number of amides is 1. The molecule has 3 aromatic rings. The summed E-state index contributed by atoms with van der Waals surface area (Å²) in [6, 6.07) is 7.95. The number of aryl methyl sites for hydroxylation is 1. The van der Waals surface area contributed by atoms with Gasteiger partial charge in [-0.05, 0) is 55.8 Å². The van der Waals surface area contributed by atoms with Gasteiger partial charge in [0.05, 0.1) is 18.9 Å². The lowest BCUT2D eigenvalue weighted by molar-refractivity contribution is -0.116. The van der Waals surface area contributed by atoms with Crippen LogP contribution in [0.4, 0.5) is 0 Å². The molecule has 8 heteroatoms. The van der Waals surface area contributed by atoms with E-state index in [4.69, 9.17) is 4.74 Å². The second-order valence-electron chi connectivity index (χ2n) is 7.40. The topological polar surface area (TPSA) is 104 Å². The lowest BCUT2D eigenvalue weighted by atomic mass is 9.96. The highest BCUT2D eigenvalue weighted by Gasteiger charge is 2.26. The van der Waals surface area contributed by atoms with Gasteiger partial charge in [-0.1, -0.05) is 19.1 Å². The molecular weight excluding hydrogens is 404 g/mol. The average Bonchev–Trinajstić information content (AvgIpc) is 3.34. The number of likely N-dealkylation sites (N-methyl/N-ethyl adjacent to an activating group) is 1. The van der Waals surface area contributed by atoms with Crippen LogP contribution in [0.15, 0.2) is 53.5 Å². The molecule has 1 amide bonds. The normalized spacial score (nSPS) is 14.5. The molecule has 0 atom stereocenters. The molecule has 0 saturated carbocycles. The summed E-state index contributed by atoms with van der Waals surface area (Å²) in [5.41, 5.74) is 9.24. The van der Waals surface area contributed by atoms with E-state index in [1.165, 1.54) is 5.56 Å².